The predicted octanol–water partition coefficient (Wildman–Crippen LogP) is 0.645. The van der Waals surface area contributed by atoms with Crippen molar-refractivity contribution in [2.45, 2.75) is 0 Å². The SMILES string of the molecule is O=C=NP=S. The quantitative estimate of drug-likeness (QED) is 0.278. The first kappa shape index (κ1) is 4.90. The van der Waals surface area contributed by atoms with Gasteiger partial charge in [0.05, 0.1) is 0 Å². The summed E-state index contributed by atoms with van der Waals surface area (Å²) in [7, 11) is 0.314. The van der Waals surface area contributed by atoms with Crippen molar-refractivity contribution < 1.29 is 4.79 Å². The zero-order valence-electron chi connectivity index (χ0n) is 2.21. The third-order valence-electron chi connectivity index (χ3n) is 0.0816. The summed E-state index contributed by atoms with van der Waals surface area (Å²) in [5.74, 6) is 0. The number of carbonyl (C=O) groups excluding carboxylic acids is 1. The lowest BCUT2D eigenvalue weighted by Crippen LogP contribution is -1.27. The van der Waals surface area contributed by atoms with Gasteiger partial charge in [0.1, 0.15) is 7.51 Å². The lowest BCUT2D eigenvalue weighted by Gasteiger charge is -1.40. The standard InChI is InChI=1S/CNOPS/c3-1-2-4-5. The predicted molar refractivity (Wildman–Crippen MR) is 22.4 cm³/mol. The fourth-order valence-corrected chi connectivity index (χ4v) is 0.150. The fourth-order valence-electron chi connectivity index (χ4n) is 0.0167. The van der Waals surface area contributed by atoms with Crippen LogP contribution in [-0.2, 0) is 16.6 Å². The molecule has 0 N–H and O–H groups in total. The maximum absolute atomic E-state index is 9.04. The molecule has 0 bridgehead atoms. The van der Waals surface area contributed by atoms with Crippen LogP contribution in [0.1, 0.15) is 0 Å². The summed E-state index contributed by atoms with van der Waals surface area (Å²) >= 11 is 4.19. The van der Waals surface area contributed by atoms with Crippen molar-refractivity contribution in [3.8, 4) is 0 Å². The summed E-state index contributed by atoms with van der Waals surface area (Å²) in [6.07, 6.45) is 1.28. The third-order valence-corrected chi connectivity index (χ3v) is 0.490. The van der Waals surface area contributed by atoms with Crippen molar-refractivity contribution in [2.24, 2.45) is 4.76 Å². The lowest BCUT2D eigenvalue weighted by atomic mass is 11.7. The van der Waals surface area contributed by atoms with E-state index >= 15 is 0 Å². The Bertz CT molecular complexity index is 75.7. The van der Waals surface area contributed by atoms with Gasteiger partial charge in [0, 0.05) is 0 Å². The Kier molecular flexibility index (Phi) is 3.82. The van der Waals surface area contributed by atoms with Crippen LogP contribution >= 0.6 is 7.51 Å². The minimum absolute atomic E-state index is 0.314. The number of hydrogen-bond acceptors (Lipinski definition) is 2. The molecule has 5 heavy (non-hydrogen) atoms. The van der Waals surface area contributed by atoms with Gasteiger partial charge >= 0.3 is 0 Å². The maximum Gasteiger partial charge on any atom is 0.245 e. The van der Waals surface area contributed by atoms with E-state index in [0.29, 0.717) is 7.51 Å². The van der Waals surface area contributed by atoms with Crippen molar-refractivity contribution >= 4 is 25.4 Å². The molecule has 0 heterocycles. The highest BCUT2D eigenvalue weighted by atomic mass is 32.4. The van der Waals surface area contributed by atoms with E-state index in [4.69, 9.17) is 4.79 Å². The fraction of sp³-hybridized carbons (Fsp3) is 0. The van der Waals surface area contributed by atoms with Crippen LogP contribution in [0.3, 0.4) is 0 Å². The van der Waals surface area contributed by atoms with Gasteiger partial charge in [-0.25, -0.2) is 4.79 Å². The second-order valence-corrected chi connectivity index (χ2v) is 1.13. The molecule has 0 spiro atoms. The van der Waals surface area contributed by atoms with Gasteiger partial charge in [0.2, 0.25) is 6.08 Å². The average Bonchev–Trinajstić information content (AvgIpc) is 1.41. The Labute approximate surface area is 35.8 Å². The van der Waals surface area contributed by atoms with Gasteiger partial charge in [-0.05, 0) is 11.8 Å². The van der Waals surface area contributed by atoms with Crippen molar-refractivity contribution in [3.05, 3.63) is 0 Å². The molecule has 26 valence electrons. The van der Waals surface area contributed by atoms with Gasteiger partial charge in [-0.1, -0.05) is 0 Å². The highest BCUT2D eigenvalue weighted by molar-refractivity contribution is 7.95. The van der Waals surface area contributed by atoms with Crippen LogP contribution in [0.2, 0.25) is 0 Å². The van der Waals surface area contributed by atoms with Gasteiger partial charge in [0.15, 0.2) is 0 Å². The minimum Gasteiger partial charge on any atom is -0.211 e. The number of nitrogens with zero attached hydrogens (tertiary/aromatic N) is 1. The van der Waals surface area contributed by atoms with Crippen LogP contribution in [0.15, 0.2) is 4.76 Å². The summed E-state index contributed by atoms with van der Waals surface area (Å²) in [5.41, 5.74) is 0. The van der Waals surface area contributed by atoms with Crippen LogP contribution in [-0.4, -0.2) is 6.08 Å². The second kappa shape index (κ2) is 3.90. The van der Waals surface area contributed by atoms with Crippen molar-refractivity contribution in [1.29, 1.82) is 0 Å². The minimum atomic E-state index is 0.314. The van der Waals surface area contributed by atoms with Gasteiger partial charge in [0.25, 0.3) is 0 Å². The Morgan fingerprint density at radius 3 is 2.60 bits per heavy atom. The first-order valence-electron chi connectivity index (χ1n) is 0.810. The van der Waals surface area contributed by atoms with Crippen LogP contribution in [0.4, 0.5) is 0 Å². The highest BCUT2D eigenvalue weighted by Gasteiger charge is 1.45. The molecule has 0 aromatic rings. The molecule has 0 fully saturated rings. The van der Waals surface area contributed by atoms with Gasteiger partial charge in [-0.3, -0.25) is 0 Å². The number of isocyanates is 1. The van der Waals surface area contributed by atoms with Crippen LogP contribution in [0.5, 0.6) is 0 Å². The zero-order valence-corrected chi connectivity index (χ0v) is 3.92. The molecular weight excluding hydrogens is 105 g/mol. The number of hydrogen-bond donors (Lipinski definition) is 0. The maximum atomic E-state index is 9.04. The highest BCUT2D eigenvalue weighted by Crippen LogP contribution is 1.85. The van der Waals surface area contributed by atoms with Crippen LogP contribution in [0, 0.1) is 0 Å². The van der Waals surface area contributed by atoms with Gasteiger partial charge in [-0.2, -0.15) is 0 Å². The van der Waals surface area contributed by atoms with E-state index in [1.165, 1.54) is 6.08 Å². The normalized spacial score (nSPS) is 6.40. The summed E-state index contributed by atoms with van der Waals surface area (Å²) in [5, 5.41) is 0. The molecular formula is CNOPS. The van der Waals surface area contributed by atoms with E-state index in [1.807, 2.05) is 0 Å². The molecule has 0 aliphatic heterocycles. The molecule has 0 atom stereocenters. The largest absolute Gasteiger partial charge is 0.245 e. The van der Waals surface area contributed by atoms with Crippen molar-refractivity contribution in [3.63, 3.8) is 0 Å². The van der Waals surface area contributed by atoms with Gasteiger partial charge in [-0.15, -0.1) is 4.76 Å². The smallest absolute Gasteiger partial charge is 0.211 e. The Hall–Kier alpha value is -0.100. The van der Waals surface area contributed by atoms with Crippen molar-refractivity contribution in [1.82, 2.24) is 0 Å². The molecule has 0 aromatic heterocycles. The Morgan fingerprint density at radius 1 is 2.00 bits per heavy atom. The molecule has 2 nitrogen and oxygen atoms in total. The molecule has 0 unspecified atom stereocenters. The van der Waals surface area contributed by atoms with E-state index in [2.05, 4.69) is 16.6 Å². The average molecular weight is 105 g/mol. The third kappa shape index (κ3) is 3.90. The molecule has 0 radical (unpaired) electrons. The van der Waals surface area contributed by atoms with Crippen molar-refractivity contribution in [2.75, 3.05) is 0 Å². The first-order chi connectivity index (χ1) is 2.41. The van der Waals surface area contributed by atoms with E-state index < -0.39 is 0 Å². The summed E-state index contributed by atoms with van der Waals surface area (Å²) in [4.78, 5) is 9.04. The molecule has 0 aliphatic carbocycles. The summed E-state index contributed by atoms with van der Waals surface area (Å²) < 4.78 is 2.95. The Morgan fingerprint density at radius 2 is 2.60 bits per heavy atom. The Balaban J connectivity index is 3.31. The van der Waals surface area contributed by atoms with E-state index in [0.717, 1.165) is 0 Å². The van der Waals surface area contributed by atoms with E-state index in [-0.39, 0.29) is 0 Å². The molecule has 0 aromatic carbocycles. The summed E-state index contributed by atoms with van der Waals surface area (Å²) in [6, 6.07) is 0. The topological polar surface area (TPSA) is 29.4 Å². The van der Waals surface area contributed by atoms with E-state index in [9.17, 15) is 0 Å². The molecule has 0 saturated carbocycles. The van der Waals surface area contributed by atoms with Crippen LogP contribution < -0.4 is 0 Å². The van der Waals surface area contributed by atoms with Crippen LogP contribution in [0.25, 0.3) is 0 Å². The van der Waals surface area contributed by atoms with E-state index in [1.54, 1.807) is 0 Å². The molecule has 0 amide bonds. The summed E-state index contributed by atoms with van der Waals surface area (Å²) in [6.45, 7) is 0. The first-order valence-corrected chi connectivity index (χ1v) is 2.67. The second-order valence-electron chi connectivity index (χ2n) is 0.273. The number of rotatable bonds is 1. The van der Waals surface area contributed by atoms with Gasteiger partial charge < -0.3 is 0 Å². The zero-order chi connectivity index (χ0) is 4.12. The molecule has 0 aliphatic rings. The lowest BCUT2D eigenvalue weighted by molar-refractivity contribution is 0.566. The molecule has 0 rings (SSSR count). The molecule has 4 heteroatoms. The molecule has 0 saturated heterocycles. The monoisotopic (exact) mass is 105 g/mol.